The number of nitrogens with zero attached hydrogens (tertiary/aromatic N) is 4. The van der Waals surface area contributed by atoms with E-state index in [0.29, 0.717) is 44.0 Å². The molecule has 2 aromatic heterocycles. The number of piperidine rings is 1. The molecular formula is C44H60N8O8S2. The third-order valence-electron chi connectivity index (χ3n) is 12.5. The molecule has 62 heavy (non-hydrogen) atoms. The number of allylic oxidation sites excluding steroid dienone is 1. The lowest BCUT2D eigenvalue weighted by molar-refractivity contribution is -0.141. The van der Waals surface area contributed by atoms with Crippen LogP contribution in [0.4, 0.5) is 4.79 Å². The molecule has 4 amide bonds. The molecule has 5 aliphatic rings. The van der Waals surface area contributed by atoms with Crippen LogP contribution in [0.5, 0.6) is 6.01 Å². The van der Waals surface area contributed by atoms with Crippen molar-refractivity contribution >= 4 is 56.2 Å². The minimum atomic E-state index is -3.91. The zero-order chi connectivity index (χ0) is 44.0. The maximum Gasteiger partial charge on any atom is 0.408 e. The summed E-state index contributed by atoms with van der Waals surface area (Å²) < 4.78 is 42.5. The number of carbonyl (C=O) groups excluding carboxylic acids is 4. The van der Waals surface area contributed by atoms with E-state index in [0.717, 1.165) is 66.1 Å². The second-order valence-electron chi connectivity index (χ2n) is 18.8. The van der Waals surface area contributed by atoms with E-state index >= 15 is 0 Å². The van der Waals surface area contributed by atoms with Crippen molar-refractivity contribution in [2.45, 2.75) is 152 Å². The summed E-state index contributed by atoms with van der Waals surface area (Å²) in [5, 5.41) is 11.5. The van der Waals surface area contributed by atoms with Crippen LogP contribution >= 0.6 is 11.3 Å². The predicted molar refractivity (Wildman–Crippen MR) is 235 cm³/mol. The molecule has 16 nitrogen and oxygen atoms in total. The number of fused-ring (bicyclic) bond motifs is 3. The van der Waals surface area contributed by atoms with Crippen molar-refractivity contribution in [3.63, 3.8) is 0 Å². The van der Waals surface area contributed by atoms with Gasteiger partial charge < -0.3 is 30.3 Å². The number of hydrogen-bond acceptors (Lipinski definition) is 12. The number of imidazole rings is 1. The third-order valence-corrected chi connectivity index (χ3v) is 15.2. The number of amides is 4. The lowest BCUT2D eigenvalue weighted by atomic mass is 9.95. The Morgan fingerprint density at radius 3 is 2.53 bits per heavy atom. The molecule has 2 saturated heterocycles. The molecule has 4 fully saturated rings. The standard InChI is InChI=1S/C44H60N8O8S2/c1-26(2)52-34-15-11-13-31(38-46-33(25-61-38)27-18-20-45-21-19-27)36(34)48-41(52)59-29-22-35-37(53)49-44(40(55)50-62(57,58)30-16-17-30)23-28(44)12-9-7-6-8-10-14-32(39(54)51(35)24-29)47-42(56)60-43(3,4)5/h9,11-13,15,25-30,32,35,45H,6-8,10,14,16-24H2,1-5H3,(H,47,56)(H,49,53)(H,50,55)/b12-9-/t28-,29-,32+,35+,44-/m1/s1. The number of nitrogens with one attached hydrogen (secondary N) is 4. The number of aromatic nitrogens is 3. The van der Waals surface area contributed by atoms with Crippen molar-refractivity contribution in [2.75, 3.05) is 19.6 Å². The van der Waals surface area contributed by atoms with Gasteiger partial charge in [0.1, 0.15) is 39.9 Å². The van der Waals surface area contributed by atoms with Gasteiger partial charge in [-0.2, -0.15) is 4.98 Å². The lowest BCUT2D eigenvalue weighted by Crippen LogP contribution is -2.58. The molecule has 4 N–H and O–H groups in total. The van der Waals surface area contributed by atoms with Gasteiger partial charge in [0, 0.05) is 35.2 Å². The zero-order valence-electron chi connectivity index (χ0n) is 36.3. The van der Waals surface area contributed by atoms with Gasteiger partial charge in [0.2, 0.25) is 21.8 Å². The van der Waals surface area contributed by atoms with E-state index in [-0.39, 0.29) is 25.4 Å². The average Bonchev–Trinajstić information content (AvgIpc) is 4.03. The van der Waals surface area contributed by atoms with Crippen LogP contribution in [0.25, 0.3) is 21.6 Å². The maximum atomic E-state index is 14.7. The number of rotatable bonds is 9. The van der Waals surface area contributed by atoms with Crippen molar-refractivity contribution < 1.29 is 37.1 Å². The summed E-state index contributed by atoms with van der Waals surface area (Å²) in [4.78, 5) is 68.0. The quantitative estimate of drug-likeness (QED) is 0.199. The Kier molecular flexibility index (Phi) is 12.5. The second-order valence-corrected chi connectivity index (χ2v) is 21.6. The molecule has 0 unspecified atom stereocenters. The highest BCUT2D eigenvalue weighted by Gasteiger charge is 2.62. The summed E-state index contributed by atoms with van der Waals surface area (Å²) in [5.41, 5.74) is 1.25. The largest absolute Gasteiger partial charge is 0.459 e. The van der Waals surface area contributed by atoms with E-state index in [9.17, 15) is 27.6 Å². The van der Waals surface area contributed by atoms with Crippen LogP contribution in [0, 0.1) is 5.92 Å². The summed E-state index contributed by atoms with van der Waals surface area (Å²) in [6.07, 6.45) is 8.86. The molecule has 336 valence electrons. The van der Waals surface area contributed by atoms with Gasteiger partial charge in [-0.15, -0.1) is 11.3 Å². The number of thiazole rings is 1. The number of alkyl carbamates (subject to hydrolysis) is 1. The highest BCUT2D eigenvalue weighted by Crippen LogP contribution is 2.46. The highest BCUT2D eigenvalue weighted by molar-refractivity contribution is 7.91. The van der Waals surface area contributed by atoms with Gasteiger partial charge in [0.05, 0.1) is 23.0 Å². The van der Waals surface area contributed by atoms with Crippen molar-refractivity contribution in [3.05, 3.63) is 41.4 Å². The fraction of sp³-hybridized carbons (Fsp3) is 0.636. The lowest BCUT2D eigenvalue weighted by Gasteiger charge is -2.30. The van der Waals surface area contributed by atoms with E-state index in [4.69, 9.17) is 19.4 Å². The van der Waals surface area contributed by atoms with Gasteiger partial charge in [-0.3, -0.25) is 23.7 Å². The van der Waals surface area contributed by atoms with E-state index in [1.807, 2.05) is 48.8 Å². The Morgan fingerprint density at radius 1 is 1.03 bits per heavy atom. The van der Waals surface area contributed by atoms with Gasteiger partial charge in [-0.05, 0) is 111 Å². The smallest absolute Gasteiger partial charge is 0.408 e. The van der Waals surface area contributed by atoms with Crippen LogP contribution in [0.2, 0.25) is 0 Å². The van der Waals surface area contributed by atoms with Crippen molar-refractivity contribution in [2.24, 2.45) is 5.92 Å². The van der Waals surface area contributed by atoms with Gasteiger partial charge >= 0.3 is 6.09 Å². The minimum absolute atomic E-state index is 0.0117. The van der Waals surface area contributed by atoms with Crippen LogP contribution in [-0.4, -0.2) is 106 Å². The number of para-hydroxylation sites is 1. The summed E-state index contributed by atoms with van der Waals surface area (Å²) in [7, 11) is -3.91. The third kappa shape index (κ3) is 9.51. The van der Waals surface area contributed by atoms with Crippen LogP contribution < -0.4 is 25.4 Å². The molecule has 0 spiro atoms. The topological polar surface area (TPSA) is 203 Å². The molecule has 0 bridgehead atoms. The minimum Gasteiger partial charge on any atom is -0.459 e. The van der Waals surface area contributed by atoms with Gasteiger partial charge in [0.25, 0.3) is 11.9 Å². The van der Waals surface area contributed by atoms with Crippen molar-refractivity contribution in [1.29, 1.82) is 0 Å². The van der Waals surface area contributed by atoms with Crippen molar-refractivity contribution in [3.8, 4) is 16.6 Å². The van der Waals surface area contributed by atoms with E-state index in [1.165, 1.54) is 4.90 Å². The summed E-state index contributed by atoms with van der Waals surface area (Å²) in [6.45, 7) is 11.2. The number of carbonyl (C=O) groups is 4. The van der Waals surface area contributed by atoms with Crippen LogP contribution in [0.3, 0.4) is 0 Å². The Hall–Kier alpha value is -4.55. The Bertz CT molecular complexity index is 2330. The molecule has 18 heteroatoms. The van der Waals surface area contributed by atoms with Crippen LogP contribution in [-0.2, 0) is 29.1 Å². The summed E-state index contributed by atoms with van der Waals surface area (Å²) in [5.74, 6) is -1.90. The SMILES string of the molecule is CC(C)n1c(O[C@@H]2C[C@H]3C(=O)N[C@]4(C(=O)NS(=O)(=O)C5CC5)C[C@H]4/C=C\CCCCC[C@H](NC(=O)OC(C)(C)C)C(=O)N3C2)nc2c(-c3nc(C4CCNCC4)cs3)cccc21. The summed E-state index contributed by atoms with van der Waals surface area (Å²) in [6, 6.07) is 4.13. The Balaban J connectivity index is 1.11. The Labute approximate surface area is 367 Å². The van der Waals surface area contributed by atoms with Gasteiger partial charge in [-0.1, -0.05) is 31.1 Å². The molecule has 1 aromatic carbocycles. The Morgan fingerprint density at radius 2 is 1.81 bits per heavy atom. The average molecular weight is 893 g/mol. The normalized spacial score (nSPS) is 27.1. The fourth-order valence-electron chi connectivity index (χ4n) is 9.01. The van der Waals surface area contributed by atoms with E-state index < -0.39 is 74.3 Å². The summed E-state index contributed by atoms with van der Waals surface area (Å²) >= 11 is 1.60. The van der Waals surface area contributed by atoms with E-state index in [2.05, 4.69) is 26.1 Å². The first-order chi connectivity index (χ1) is 29.5. The predicted octanol–water partition coefficient (Wildman–Crippen LogP) is 5.45. The number of benzene rings is 1. The first-order valence-electron chi connectivity index (χ1n) is 22.2. The number of sulfonamides is 1. The molecular weight excluding hydrogens is 833 g/mol. The maximum absolute atomic E-state index is 14.7. The fourth-order valence-corrected chi connectivity index (χ4v) is 11.3. The highest BCUT2D eigenvalue weighted by atomic mass is 32.2. The van der Waals surface area contributed by atoms with Crippen LogP contribution in [0.15, 0.2) is 35.7 Å². The number of ether oxygens (including phenoxy) is 2. The first-order valence-corrected chi connectivity index (χ1v) is 24.6. The van der Waals surface area contributed by atoms with Gasteiger partial charge in [0.15, 0.2) is 0 Å². The molecule has 3 aliphatic heterocycles. The molecule has 2 saturated carbocycles. The zero-order valence-corrected chi connectivity index (χ0v) is 37.9. The number of hydrogen-bond donors (Lipinski definition) is 4. The van der Waals surface area contributed by atoms with Crippen molar-refractivity contribution in [1.82, 2.24) is 40.1 Å². The molecule has 5 heterocycles. The first kappa shape index (κ1) is 44.1. The molecule has 2 aliphatic carbocycles. The van der Waals surface area contributed by atoms with Crippen LogP contribution in [0.1, 0.15) is 123 Å². The van der Waals surface area contributed by atoms with Gasteiger partial charge in [-0.25, -0.2) is 18.2 Å². The monoisotopic (exact) mass is 892 g/mol. The second kappa shape index (κ2) is 17.5. The molecule has 3 aromatic rings. The van der Waals surface area contributed by atoms with E-state index in [1.54, 1.807) is 32.1 Å². The molecule has 8 rings (SSSR count). The molecule has 5 atom stereocenters. The molecule has 0 radical (unpaired) electrons.